The minimum Gasteiger partial charge on any atom is -0.493 e. The van der Waals surface area contributed by atoms with E-state index in [2.05, 4.69) is 33.6 Å². The average molecular weight is 373 g/mol. The van der Waals surface area contributed by atoms with Crippen LogP contribution in [0.1, 0.15) is 16.8 Å². The average Bonchev–Trinajstić information content (AvgIpc) is 3.28. The van der Waals surface area contributed by atoms with E-state index >= 15 is 0 Å². The summed E-state index contributed by atoms with van der Waals surface area (Å²) >= 11 is 0. The maximum Gasteiger partial charge on any atom is 0.162 e. The van der Waals surface area contributed by atoms with Crippen molar-refractivity contribution in [3.63, 3.8) is 0 Å². The minimum absolute atomic E-state index is 0.495. The summed E-state index contributed by atoms with van der Waals surface area (Å²) in [7, 11) is 3.20. The fourth-order valence-electron chi connectivity index (χ4n) is 3.16. The summed E-state index contributed by atoms with van der Waals surface area (Å²) in [5.41, 5.74) is 4.06. The predicted molar refractivity (Wildman–Crippen MR) is 106 cm³/mol. The van der Waals surface area contributed by atoms with Gasteiger partial charge in [-0.25, -0.2) is 0 Å². The molecule has 7 nitrogen and oxygen atoms in total. The van der Waals surface area contributed by atoms with Crippen molar-refractivity contribution in [2.45, 2.75) is 6.42 Å². The number of nitrogens with zero attached hydrogens (tertiary/aromatic N) is 3. The normalized spacial score (nSPS) is 10.6. The summed E-state index contributed by atoms with van der Waals surface area (Å²) in [6.07, 6.45) is 2.22. The number of nitriles is 1. The second-order valence-corrected chi connectivity index (χ2v) is 6.24. The van der Waals surface area contributed by atoms with Crippen LogP contribution >= 0.6 is 0 Å². The highest BCUT2D eigenvalue weighted by atomic mass is 16.5. The number of ether oxygens (including phenoxy) is 2. The first-order valence-electron chi connectivity index (χ1n) is 8.75. The summed E-state index contributed by atoms with van der Waals surface area (Å²) in [5, 5.41) is 17.1. The van der Waals surface area contributed by atoms with Gasteiger partial charge in [-0.15, -0.1) is 0 Å². The lowest BCUT2D eigenvalue weighted by Gasteiger charge is -2.12. The Bertz CT molecular complexity index is 1150. The van der Waals surface area contributed by atoms with Crippen molar-refractivity contribution in [1.29, 1.82) is 5.26 Å². The van der Waals surface area contributed by atoms with Crippen molar-refractivity contribution >= 4 is 17.2 Å². The standard InChI is InChI=1S/C21H19N5O2/c1-27-18-9-8-16(11-19(18)28-2)24-21-17(10-14-6-4-3-5-7-14)25-20-15(12-22)13-23-26(20)21/h3-9,11,13,24-25H,10H2,1-2H3. The highest BCUT2D eigenvalue weighted by Crippen LogP contribution is 2.32. The monoisotopic (exact) mass is 373 g/mol. The van der Waals surface area contributed by atoms with Crippen molar-refractivity contribution in [3.8, 4) is 17.6 Å². The molecule has 4 aromatic rings. The number of imidazole rings is 1. The molecule has 0 spiro atoms. The third-order valence-electron chi connectivity index (χ3n) is 4.53. The van der Waals surface area contributed by atoms with E-state index in [9.17, 15) is 5.26 Å². The van der Waals surface area contributed by atoms with Crippen LogP contribution < -0.4 is 14.8 Å². The summed E-state index contributed by atoms with van der Waals surface area (Å²) in [5.74, 6) is 2.05. The van der Waals surface area contributed by atoms with Crippen LogP contribution in [-0.2, 0) is 6.42 Å². The molecule has 0 aliphatic rings. The fraction of sp³-hybridized carbons (Fsp3) is 0.143. The number of rotatable bonds is 6. The van der Waals surface area contributed by atoms with Crippen molar-refractivity contribution in [2.75, 3.05) is 19.5 Å². The summed E-state index contributed by atoms with van der Waals surface area (Å²) in [6, 6.07) is 17.9. The molecule has 0 aliphatic carbocycles. The van der Waals surface area contributed by atoms with E-state index in [0.29, 0.717) is 29.1 Å². The first-order valence-corrected chi connectivity index (χ1v) is 8.75. The van der Waals surface area contributed by atoms with Gasteiger partial charge < -0.3 is 19.8 Å². The Morgan fingerprint density at radius 2 is 1.89 bits per heavy atom. The first-order chi connectivity index (χ1) is 13.7. The SMILES string of the molecule is COc1ccc(Nc2c(Cc3ccccc3)[nH]c3c(C#N)cnn23)cc1OC. The van der Waals surface area contributed by atoms with E-state index in [0.717, 1.165) is 22.8 Å². The van der Waals surface area contributed by atoms with Gasteiger partial charge in [0.15, 0.2) is 23.0 Å². The summed E-state index contributed by atoms with van der Waals surface area (Å²) in [6.45, 7) is 0. The van der Waals surface area contributed by atoms with E-state index in [-0.39, 0.29) is 0 Å². The zero-order valence-corrected chi connectivity index (χ0v) is 15.6. The van der Waals surface area contributed by atoms with Crippen LogP contribution in [0.3, 0.4) is 0 Å². The third-order valence-corrected chi connectivity index (χ3v) is 4.53. The van der Waals surface area contributed by atoms with Crippen LogP contribution in [0.2, 0.25) is 0 Å². The number of methoxy groups -OCH3 is 2. The van der Waals surface area contributed by atoms with Crippen LogP contribution in [-0.4, -0.2) is 28.8 Å². The first kappa shape index (κ1) is 17.5. The molecule has 0 aliphatic heterocycles. The molecule has 2 heterocycles. The molecule has 4 rings (SSSR count). The third kappa shape index (κ3) is 3.12. The number of hydrogen-bond acceptors (Lipinski definition) is 5. The lowest BCUT2D eigenvalue weighted by atomic mass is 10.1. The Balaban J connectivity index is 1.77. The number of aromatic nitrogens is 3. The molecule has 2 aromatic heterocycles. The molecule has 0 amide bonds. The smallest absolute Gasteiger partial charge is 0.162 e. The largest absolute Gasteiger partial charge is 0.493 e. The number of aromatic amines is 1. The van der Waals surface area contributed by atoms with Gasteiger partial charge >= 0.3 is 0 Å². The highest BCUT2D eigenvalue weighted by Gasteiger charge is 2.17. The Morgan fingerprint density at radius 1 is 1.11 bits per heavy atom. The van der Waals surface area contributed by atoms with E-state index < -0.39 is 0 Å². The quantitative estimate of drug-likeness (QED) is 0.535. The number of nitrogens with one attached hydrogen (secondary N) is 2. The van der Waals surface area contributed by atoms with Gasteiger partial charge in [-0.2, -0.15) is 14.9 Å². The van der Waals surface area contributed by atoms with Crippen LogP contribution in [0.4, 0.5) is 11.5 Å². The zero-order valence-electron chi connectivity index (χ0n) is 15.6. The summed E-state index contributed by atoms with van der Waals surface area (Å²) in [4.78, 5) is 3.34. The molecule has 0 atom stereocenters. The van der Waals surface area contributed by atoms with Crippen LogP contribution in [0, 0.1) is 11.3 Å². The van der Waals surface area contributed by atoms with Gasteiger partial charge in [-0.05, 0) is 17.7 Å². The van der Waals surface area contributed by atoms with Crippen LogP contribution in [0.5, 0.6) is 11.5 Å². The molecular formula is C21H19N5O2. The van der Waals surface area contributed by atoms with Crippen molar-refractivity contribution < 1.29 is 9.47 Å². The molecule has 2 aromatic carbocycles. The van der Waals surface area contributed by atoms with Gasteiger partial charge in [-0.1, -0.05) is 30.3 Å². The second-order valence-electron chi connectivity index (χ2n) is 6.24. The Morgan fingerprint density at radius 3 is 2.61 bits per heavy atom. The lowest BCUT2D eigenvalue weighted by molar-refractivity contribution is 0.355. The highest BCUT2D eigenvalue weighted by molar-refractivity contribution is 5.69. The van der Waals surface area contributed by atoms with Gasteiger partial charge in [0.25, 0.3) is 0 Å². The van der Waals surface area contributed by atoms with Gasteiger partial charge in [-0.3, -0.25) is 0 Å². The molecule has 0 radical (unpaired) electrons. The minimum atomic E-state index is 0.495. The maximum atomic E-state index is 9.36. The molecule has 28 heavy (non-hydrogen) atoms. The Hall–Kier alpha value is -3.92. The van der Waals surface area contributed by atoms with Gasteiger partial charge in [0.2, 0.25) is 0 Å². The molecule has 0 saturated carbocycles. The maximum absolute atomic E-state index is 9.36. The Kier molecular flexibility index (Phi) is 4.60. The van der Waals surface area contributed by atoms with Crippen LogP contribution in [0.25, 0.3) is 5.65 Å². The predicted octanol–water partition coefficient (Wildman–Crippen LogP) is 3.89. The number of hydrogen-bond donors (Lipinski definition) is 2. The Labute approximate surface area is 162 Å². The van der Waals surface area contributed by atoms with Crippen molar-refractivity contribution in [3.05, 3.63) is 71.5 Å². The van der Waals surface area contributed by atoms with Crippen molar-refractivity contribution in [1.82, 2.24) is 14.6 Å². The number of benzene rings is 2. The molecule has 140 valence electrons. The number of fused-ring (bicyclic) bond motifs is 1. The van der Waals surface area contributed by atoms with Gasteiger partial charge in [0.1, 0.15) is 11.6 Å². The van der Waals surface area contributed by atoms with Crippen LogP contribution in [0.15, 0.2) is 54.7 Å². The van der Waals surface area contributed by atoms with Crippen molar-refractivity contribution in [2.24, 2.45) is 0 Å². The van der Waals surface area contributed by atoms with E-state index in [1.165, 1.54) is 0 Å². The molecular weight excluding hydrogens is 354 g/mol. The lowest BCUT2D eigenvalue weighted by Crippen LogP contribution is -2.01. The number of anilines is 2. The molecule has 2 N–H and O–H groups in total. The molecule has 0 saturated heterocycles. The number of H-pyrrole nitrogens is 1. The van der Waals surface area contributed by atoms with E-state index in [1.807, 2.05) is 36.4 Å². The topological polar surface area (TPSA) is 87.4 Å². The van der Waals surface area contributed by atoms with Gasteiger partial charge in [0, 0.05) is 18.2 Å². The fourth-order valence-corrected chi connectivity index (χ4v) is 3.16. The second kappa shape index (κ2) is 7.37. The van der Waals surface area contributed by atoms with Gasteiger partial charge in [0.05, 0.1) is 26.1 Å². The van der Waals surface area contributed by atoms with E-state index in [4.69, 9.17) is 9.47 Å². The molecule has 0 fully saturated rings. The zero-order chi connectivity index (χ0) is 19.5. The summed E-state index contributed by atoms with van der Waals surface area (Å²) < 4.78 is 12.4. The molecule has 0 unspecified atom stereocenters. The molecule has 0 bridgehead atoms. The van der Waals surface area contributed by atoms with E-state index in [1.54, 1.807) is 24.9 Å². The molecule has 7 heteroatoms.